The summed E-state index contributed by atoms with van der Waals surface area (Å²) >= 11 is 3.15. The van der Waals surface area contributed by atoms with E-state index in [1.807, 2.05) is 6.07 Å². The van der Waals surface area contributed by atoms with E-state index in [2.05, 4.69) is 36.8 Å². The lowest BCUT2D eigenvalue weighted by Crippen LogP contribution is -2.42. The van der Waals surface area contributed by atoms with Gasteiger partial charge in [0.05, 0.1) is 10.6 Å². The second-order valence-corrected chi connectivity index (χ2v) is 9.11. The molecule has 29 heavy (non-hydrogen) atoms. The van der Waals surface area contributed by atoms with Gasteiger partial charge in [0.2, 0.25) is 5.91 Å². The molecule has 0 aliphatic carbocycles. The van der Waals surface area contributed by atoms with Gasteiger partial charge in [0.1, 0.15) is 10.9 Å². The van der Waals surface area contributed by atoms with Crippen molar-refractivity contribution in [3.05, 3.63) is 64.2 Å². The van der Waals surface area contributed by atoms with Crippen molar-refractivity contribution in [1.29, 1.82) is 0 Å². The fourth-order valence-electron chi connectivity index (χ4n) is 2.72. The maximum Gasteiger partial charge on any atom is 0.292 e. The van der Waals surface area contributed by atoms with Crippen LogP contribution in [0.5, 0.6) is 0 Å². The molecule has 3 atom stereocenters. The Bertz CT molecular complexity index is 1030. The normalized spacial score (nSPS) is 21.5. The number of nitrogens with zero attached hydrogens (tertiary/aromatic N) is 1. The molecule has 10 nitrogen and oxygen atoms in total. The Morgan fingerprint density at radius 3 is 2.38 bits per heavy atom. The van der Waals surface area contributed by atoms with Gasteiger partial charge in [-0.2, -0.15) is 5.43 Å². The maximum atomic E-state index is 12.6. The van der Waals surface area contributed by atoms with Gasteiger partial charge in [0, 0.05) is 10.6 Å². The molecule has 2 aromatic carbocycles. The topological polar surface area (TPSA) is 142 Å². The summed E-state index contributed by atoms with van der Waals surface area (Å²) in [6, 6.07) is 11.7. The summed E-state index contributed by atoms with van der Waals surface area (Å²) in [5.41, 5.74) is 6.63. The van der Waals surface area contributed by atoms with Crippen LogP contribution in [0.15, 0.2) is 53.4 Å². The van der Waals surface area contributed by atoms with Crippen LogP contribution in [0.1, 0.15) is 5.56 Å². The highest BCUT2D eigenvalue weighted by Gasteiger charge is 2.45. The number of aryl methyl sites for hydroxylation is 1. The molecule has 1 heterocycles. The smallest absolute Gasteiger partial charge is 0.292 e. The lowest BCUT2D eigenvalue weighted by Gasteiger charge is -2.14. The van der Waals surface area contributed by atoms with Gasteiger partial charge < -0.3 is 5.32 Å². The number of benzene rings is 2. The Hall–Kier alpha value is -2.54. The molecular formula is C17H18BrN5O5S. The molecule has 3 unspecified atom stereocenters. The van der Waals surface area contributed by atoms with Gasteiger partial charge in [-0.05, 0) is 42.8 Å². The molecule has 2 aromatic rings. The molecule has 1 aliphatic rings. The summed E-state index contributed by atoms with van der Waals surface area (Å²) in [6.07, 6.45) is -1.15. The Balaban J connectivity index is 1.68. The molecule has 1 aliphatic heterocycles. The van der Waals surface area contributed by atoms with Crippen molar-refractivity contribution in [2.75, 3.05) is 10.0 Å². The molecule has 154 valence electrons. The highest BCUT2D eigenvalue weighted by atomic mass is 79.9. The van der Waals surface area contributed by atoms with E-state index in [1.54, 1.807) is 25.1 Å². The largest absolute Gasteiger partial charge is 0.325 e. The van der Waals surface area contributed by atoms with E-state index >= 15 is 0 Å². The van der Waals surface area contributed by atoms with Crippen molar-refractivity contribution in [2.45, 2.75) is 28.9 Å². The van der Waals surface area contributed by atoms with Gasteiger partial charge in [-0.15, -0.1) is 0 Å². The summed E-state index contributed by atoms with van der Waals surface area (Å²) in [4.78, 5) is 22.0. The van der Waals surface area contributed by atoms with Crippen molar-refractivity contribution in [3.8, 4) is 0 Å². The van der Waals surface area contributed by atoms with Gasteiger partial charge in [0.25, 0.3) is 16.2 Å². The number of nitro groups is 1. The van der Waals surface area contributed by atoms with Crippen molar-refractivity contribution in [1.82, 2.24) is 10.9 Å². The molecule has 0 radical (unpaired) electrons. The van der Waals surface area contributed by atoms with Crippen LogP contribution in [-0.2, 0) is 14.8 Å². The van der Waals surface area contributed by atoms with Gasteiger partial charge in [0.15, 0.2) is 0 Å². The number of sulfonamides is 1. The lowest BCUT2D eigenvalue weighted by molar-refractivity contribution is -0.525. The number of rotatable bonds is 6. The maximum absolute atomic E-state index is 12.6. The number of alkyl halides is 1. The van der Waals surface area contributed by atoms with Gasteiger partial charge >= 0.3 is 0 Å². The third-order valence-electron chi connectivity index (χ3n) is 4.34. The Morgan fingerprint density at radius 1 is 1.14 bits per heavy atom. The summed E-state index contributed by atoms with van der Waals surface area (Å²) in [6.45, 7) is 1.79. The second kappa shape index (κ2) is 8.45. The fourth-order valence-corrected chi connectivity index (χ4v) is 4.55. The van der Waals surface area contributed by atoms with Gasteiger partial charge in [-0.25, -0.2) is 13.8 Å². The molecule has 12 heteroatoms. The van der Waals surface area contributed by atoms with Crippen LogP contribution in [0, 0.1) is 17.0 Å². The molecule has 0 bridgehead atoms. The molecule has 3 rings (SSSR count). The number of anilines is 2. The average Bonchev–Trinajstić information content (AvgIpc) is 3.06. The van der Waals surface area contributed by atoms with Gasteiger partial charge in [-0.3, -0.25) is 19.6 Å². The summed E-state index contributed by atoms with van der Waals surface area (Å²) in [5, 5.41) is 13.5. The van der Waals surface area contributed by atoms with E-state index in [4.69, 9.17) is 0 Å². The molecule has 1 amide bonds. The molecule has 0 saturated carbocycles. The Kier molecular flexibility index (Phi) is 6.17. The van der Waals surface area contributed by atoms with Crippen LogP contribution >= 0.6 is 15.9 Å². The standard InChI is InChI=1S/C17H18BrN5O5S/c1-10-4-2-3-5-13(10)22-29(27,28)12-8-6-11(7-9-12)19-17(24)15-14(18)16(21-20-15)23(25)26/h2-9,14-16,20-22H,1H3,(H,19,24). The van der Waals surface area contributed by atoms with Crippen LogP contribution in [-0.4, -0.2) is 36.3 Å². The minimum Gasteiger partial charge on any atom is -0.325 e. The van der Waals surface area contributed by atoms with Crippen molar-refractivity contribution < 1.29 is 18.1 Å². The molecule has 4 N–H and O–H groups in total. The molecule has 0 spiro atoms. The highest BCUT2D eigenvalue weighted by Crippen LogP contribution is 2.22. The van der Waals surface area contributed by atoms with E-state index in [1.165, 1.54) is 24.3 Å². The third kappa shape index (κ3) is 4.72. The predicted octanol–water partition coefficient (Wildman–Crippen LogP) is 1.58. The number of halogens is 1. The average molecular weight is 484 g/mol. The van der Waals surface area contributed by atoms with Crippen LogP contribution in [0.25, 0.3) is 0 Å². The van der Waals surface area contributed by atoms with Crippen LogP contribution in [0.2, 0.25) is 0 Å². The zero-order valence-corrected chi connectivity index (χ0v) is 17.5. The molecule has 0 aromatic heterocycles. The first-order valence-electron chi connectivity index (χ1n) is 8.47. The second-order valence-electron chi connectivity index (χ2n) is 6.38. The van der Waals surface area contributed by atoms with Gasteiger partial charge in [-0.1, -0.05) is 34.1 Å². The number of carbonyl (C=O) groups is 1. The Labute approximate surface area is 175 Å². The minimum absolute atomic E-state index is 0.0335. The van der Waals surface area contributed by atoms with E-state index in [0.29, 0.717) is 11.4 Å². The van der Waals surface area contributed by atoms with Crippen LogP contribution in [0.4, 0.5) is 11.4 Å². The number of hydrogen-bond donors (Lipinski definition) is 4. The first-order chi connectivity index (χ1) is 13.7. The van der Waals surface area contributed by atoms with E-state index in [0.717, 1.165) is 5.56 Å². The number of nitrogens with one attached hydrogen (secondary N) is 4. The SMILES string of the molecule is Cc1ccccc1NS(=O)(=O)c1ccc(NC(=O)C2NNC([N+](=O)[O-])C2Br)cc1. The van der Waals surface area contributed by atoms with Crippen molar-refractivity contribution >= 4 is 43.2 Å². The summed E-state index contributed by atoms with van der Waals surface area (Å²) in [5.74, 6) is -0.502. The predicted molar refractivity (Wildman–Crippen MR) is 111 cm³/mol. The van der Waals surface area contributed by atoms with E-state index in [9.17, 15) is 23.3 Å². The first kappa shape index (κ1) is 21.2. The first-order valence-corrected chi connectivity index (χ1v) is 10.9. The highest BCUT2D eigenvalue weighted by molar-refractivity contribution is 9.09. The molecule has 1 saturated heterocycles. The monoisotopic (exact) mass is 483 g/mol. The number of carbonyl (C=O) groups excluding carboxylic acids is 1. The van der Waals surface area contributed by atoms with E-state index < -0.39 is 37.9 Å². The summed E-state index contributed by atoms with van der Waals surface area (Å²) in [7, 11) is -3.79. The zero-order valence-electron chi connectivity index (χ0n) is 15.1. The lowest BCUT2D eigenvalue weighted by atomic mass is 10.2. The number of para-hydroxylation sites is 1. The number of hydrazine groups is 1. The Morgan fingerprint density at radius 2 is 1.79 bits per heavy atom. The third-order valence-corrected chi connectivity index (χ3v) is 6.75. The quantitative estimate of drug-likeness (QED) is 0.277. The fraction of sp³-hybridized carbons (Fsp3) is 0.235. The summed E-state index contributed by atoms with van der Waals surface area (Å²) < 4.78 is 27.6. The molecular weight excluding hydrogens is 466 g/mol. The molecule has 1 fully saturated rings. The van der Waals surface area contributed by atoms with Crippen LogP contribution in [0.3, 0.4) is 0 Å². The minimum atomic E-state index is -3.79. The zero-order chi connectivity index (χ0) is 21.2. The number of hydrogen-bond acceptors (Lipinski definition) is 7. The number of amides is 1. The van der Waals surface area contributed by atoms with E-state index in [-0.39, 0.29) is 4.90 Å². The van der Waals surface area contributed by atoms with Crippen molar-refractivity contribution in [3.63, 3.8) is 0 Å². The van der Waals surface area contributed by atoms with Crippen molar-refractivity contribution in [2.24, 2.45) is 0 Å². The van der Waals surface area contributed by atoms with Crippen LogP contribution < -0.4 is 20.9 Å².